The van der Waals surface area contributed by atoms with Crippen LogP contribution in [0.15, 0.2) is 36.5 Å². The lowest BCUT2D eigenvalue weighted by Gasteiger charge is -2.41. The highest BCUT2D eigenvalue weighted by molar-refractivity contribution is 5.62. The van der Waals surface area contributed by atoms with Gasteiger partial charge in [0.05, 0.1) is 11.9 Å². The van der Waals surface area contributed by atoms with Gasteiger partial charge in [-0.25, -0.2) is 0 Å². The van der Waals surface area contributed by atoms with Crippen molar-refractivity contribution in [2.75, 3.05) is 32.8 Å². The van der Waals surface area contributed by atoms with Gasteiger partial charge in [0.15, 0.2) is 0 Å². The first-order valence-electron chi connectivity index (χ1n) is 9.82. The molecule has 1 aromatic carbocycles. The van der Waals surface area contributed by atoms with E-state index in [2.05, 4.69) is 58.1 Å². The van der Waals surface area contributed by atoms with Gasteiger partial charge in [-0.15, -0.1) is 0 Å². The molecule has 1 atom stereocenters. The third-order valence-electron chi connectivity index (χ3n) is 5.32. The summed E-state index contributed by atoms with van der Waals surface area (Å²) in [5, 5.41) is 16.9. The van der Waals surface area contributed by atoms with E-state index in [-0.39, 0.29) is 6.61 Å². The first kappa shape index (κ1) is 19.1. The Balaban J connectivity index is 1.64. The molecule has 0 bridgehead atoms. The van der Waals surface area contributed by atoms with Gasteiger partial charge >= 0.3 is 0 Å². The quantitative estimate of drug-likeness (QED) is 0.763. The highest BCUT2D eigenvalue weighted by Gasteiger charge is 2.27. The molecule has 3 rings (SSSR count). The van der Waals surface area contributed by atoms with Crippen LogP contribution in [-0.2, 0) is 6.54 Å². The van der Waals surface area contributed by atoms with Crippen molar-refractivity contribution in [1.29, 1.82) is 0 Å². The standard InChI is InChI=1S/C21H32N4O/c1-17(2)8-10-25-12-11-24(16-20(25)9-13-26)15-19-14-22-23-21(19)18-6-4-3-5-7-18/h3-7,14,17,20,26H,8-13,15-16H2,1-2H3,(H,22,23). The van der Waals surface area contributed by atoms with E-state index in [1.54, 1.807) is 0 Å². The third-order valence-corrected chi connectivity index (χ3v) is 5.32. The minimum absolute atomic E-state index is 0.262. The zero-order valence-corrected chi connectivity index (χ0v) is 16.1. The number of aliphatic hydroxyl groups excluding tert-OH is 1. The largest absolute Gasteiger partial charge is 0.396 e. The average Bonchev–Trinajstić information content (AvgIpc) is 3.10. The van der Waals surface area contributed by atoms with Crippen molar-refractivity contribution in [2.45, 2.75) is 39.3 Å². The Hall–Kier alpha value is -1.69. The number of benzene rings is 1. The van der Waals surface area contributed by atoms with E-state index >= 15 is 0 Å². The molecule has 1 saturated heterocycles. The number of hydrogen-bond donors (Lipinski definition) is 2. The Kier molecular flexibility index (Phi) is 6.83. The maximum atomic E-state index is 9.49. The van der Waals surface area contributed by atoms with Crippen LogP contribution >= 0.6 is 0 Å². The highest BCUT2D eigenvalue weighted by atomic mass is 16.3. The first-order chi connectivity index (χ1) is 12.7. The molecule has 142 valence electrons. The van der Waals surface area contributed by atoms with Crippen LogP contribution in [0.4, 0.5) is 0 Å². The van der Waals surface area contributed by atoms with Gasteiger partial charge in [-0.1, -0.05) is 44.2 Å². The number of aliphatic hydroxyl groups is 1. The Labute approximate surface area is 157 Å². The van der Waals surface area contributed by atoms with Gasteiger partial charge in [0, 0.05) is 44.4 Å². The summed E-state index contributed by atoms with van der Waals surface area (Å²) in [4.78, 5) is 5.07. The molecule has 0 aliphatic carbocycles. The minimum Gasteiger partial charge on any atom is -0.396 e. The molecule has 0 saturated carbocycles. The lowest BCUT2D eigenvalue weighted by Crippen LogP contribution is -2.53. The zero-order chi connectivity index (χ0) is 18.4. The predicted octanol–water partition coefficient (Wildman–Crippen LogP) is 2.99. The number of nitrogens with one attached hydrogen (secondary N) is 1. The maximum Gasteiger partial charge on any atom is 0.0695 e. The summed E-state index contributed by atoms with van der Waals surface area (Å²) in [6.45, 7) is 10.0. The normalized spacial score (nSPS) is 19.3. The Bertz CT molecular complexity index is 655. The van der Waals surface area contributed by atoms with Crippen LogP contribution in [-0.4, -0.2) is 63.9 Å². The van der Waals surface area contributed by atoms with Crippen LogP contribution in [0.25, 0.3) is 11.3 Å². The maximum absolute atomic E-state index is 9.49. The predicted molar refractivity (Wildman–Crippen MR) is 106 cm³/mol. The van der Waals surface area contributed by atoms with Crippen LogP contribution in [0.5, 0.6) is 0 Å². The van der Waals surface area contributed by atoms with Crippen LogP contribution in [0, 0.1) is 5.92 Å². The van der Waals surface area contributed by atoms with Crippen LogP contribution < -0.4 is 0 Å². The monoisotopic (exact) mass is 356 g/mol. The van der Waals surface area contributed by atoms with Gasteiger partial charge in [-0.2, -0.15) is 5.10 Å². The van der Waals surface area contributed by atoms with E-state index in [0.717, 1.165) is 50.8 Å². The highest BCUT2D eigenvalue weighted by Crippen LogP contribution is 2.23. The van der Waals surface area contributed by atoms with Crippen LogP contribution in [0.2, 0.25) is 0 Å². The topological polar surface area (TPSA) is 55.4 Å². The first-order valence-corrected chi connectivity index (χ1v) is 9.82. The molecule has 0 spiro atoms. The summed E-state index contributed by atoms with van der Waals surface area (Å²) < 4.78 is 0. The molecule has 5 nitrogen and oxygen atoms in total. The fraction of sp³-hybridized carbons (Fsp3) is 0.571. The van der Waals surface area contributed by atoms with Crippen molar-refractivity contribution in [3.8, 4) is 11.3 Å². The fourth-order valence-electron chi connectivity index (χ4n) is 3.77. The molecule has 1 aliphatic rings. The van der Waals surface area contributed by atoms with Gasteiger partial charge in [0.1, 0.15) is 0 Å². The molecule has 1 aromatic heterocycles. The van der Waals surface area contributed by atoms with Gasteiger partial charge < -0.3 is 5.11 Å². The second kappa shape index (κ2) is 9.31. The third kappa shape index (κ3) is 4.93. The zero-order valence-electron chi connectivity index (χ0n) is 16.1. The van der Waals surface area contributed by atoms with Gasteiger partial charge in [0.2, 0.25) is 0 Å². The van der Waals surface area contributed by atoms with Crippen LogP contribution in [0.3, 0.4) is 0 Å². The van der Waals surface area contributed by atoms with Crippen molar-refractivity contribution in [1.82, 2.24) is 20.0 Å². The summed E-state index contributed by atoms with van der Waals surface area (Å²) in [5.74, 6) is 0.724. The number of H-pyrrole nitrogens is 1. The van der Waals surface area contributed by atoms with E-state index in [1.807, 2.05) is 12.3 Å². The Morgan fingerprint density at radius 1 is 1.23 bits per heavy atom. The second-order valence-corrected chi connectivity index (χ2v) is 7.76. The van der Waals surface area contributed by atoms with Crippen molar-refractivity contribution in [3.63, 3.8) is 0 Å². The Morgan fingerprint density at radius 3 is 2.77 bits per heavy atom. The molecular weight excluding hydrogens is 324 g/mol. The van der Waals surface area contributed by atoms with Crippen molar-refractivity contribution in [3.05, 3.63) is 42.1 Å². The molecule has 5 heteroatoms. The molecule has 1 unspecified atom stereocenters. The van der Waals surface area contributed by atoms with Crippen LogP contribution in [0.1, 0.15) is 32.3 Å². The van der Waals surface area contributed by atoms with Gasteiger partial charge in [-0.3, -0.25) is 14.9 Å². The summed E-state index contributed by atoms with van der Waals surface area (Å²) in [6.07, 6.45) is 4.03. The van der Waals surface area contributed by atoms with Crippen molar-refractivity contribution >= 4 is 0 Å². The van der Waals surface area contributed by atoms with E-state index < -0.39 is 0 Å². The molecule has 1 aliphatic heterocycles. The molecule has 0 radical (unpaired) electrons. The fourth-order valence-corrected chi connectivity index (χ4v) is 3.77. The SMILES string of the molecule is CC(C)CCN1CCN(Cc2cn[nH]c2-c2ccccc2)CC1CCO. The number of piperazine rings is 1. The number of aromatic nitrogens is 2. The molecule has 26 heavy (non-hydrogen) atoms. The molecule has 2 aromatic rings. The van der Waals surface area contributed by atoms with E-state index in [9.17, 15) is 5.11 Å². The Morgan fingerprint density at radius 2 is 2.04 bits per heavy atom. The number of aromatic amines is 1. The molecule has 1 fully saturated rings. The average molecular weight is 357 g/mol. The lowest BCUT2D eigenvalue weighted by molar-refractivity contribution is 0.0525. The number of rotatable bonds is 8. The number of nitrogens with zero attached hydrogens (tertiary/aromatic N) is 3. The smallest absolute Gasteiger partial charge is 0.0695 e. The van der Waals surface area contributed by atoms with Gasteiger partial charge in [0.25, 0.3) is 0 Å². The van der Waals surface area contributed by atoms with E-state index in [1.165, 1.54) is 17.5 Å². The van der Waals surface area contributed by atoms with E-state index in [4.69, 9.17) is 0 Å². The van der Waals surface area contributed by atoms with Gasteiger partial charge in [-0.05, 0) is 30.9 Å². The summed E-state index contributed by atoms with van der Waals surface area (Å²) >= 11 is 0. The summed E-state index contributed by atoms with van der Waals surface area (Å²) in [5.41, 5.74) is 3.55. The lowest BCUT2D eigenvalue weighted by atomic mass is 10.0. The molecule has 0 amide bonds. The molecule has 2 N–H and O–H groups in total. The van der Waals surface area contributed by atoms with E-state index in [0.29, 0.717) is 6.04 Å². The number of hydrogen-bond acceptors (Lipinski definition) is 4. The minimum atomic E-state index is 0.262. The summed E-state index contributed by atoms with van der Waals surface area (Å²) in [7, 11) is 0. The van der Waals surface area contributed by atoms with Crippen molar-refractivity contribution < 1.29 is 5.11 Å². The summed E-state index contributed by atoms with van der Waals surface area (Å²) in [6, 6.07) is 10.8. The molecule has 2 heterocycles. The molecular formula is C21H32N4O. The second-order valence-electron chi connectivity index (χ2n) is 7.76. The van der Waals surface area contributed by atoms with Crippen molar-refractivity contribution in [2.24, 2.45) is 5.92 Å².